The summed E-state index contributed by atoms with van der Waals surface area (Å²) in [4.78, 5) is 8.57. The van der Waals surface area contributed by atoms with Crippen molar-refractivity contribution in [3.63, 3.8) is 0 Å². The summed E-state index contributed by atoms with van der Waals surface area (Å²) in [7, 11) is 0. The van der Waals surface area contributed by atoms with E-state index >= 15 is 0 Å². The summed E-state index contributed by atoms with van der Waals surface area (Å²) in [5, 5.41) is 1.62. The van der Waals surface area contributed by atoms with Crippen LogP contribution < -0.4 is 0 Å². The molecule has 5 heteroatoms. The largest absolute Gasteiger partial charge is 0.285 e. The smallest absolute Gasteiger partial charge is 0.208 e. The normalized spacial score (nSPS) is 8.33. The molecule has 1 nitrogen and oxygen atoms in total. The topological polar surface area (TPSA) is 17.1 Å². The van der Waals surface area contributed by atoms with E-state index in [1.807, 2.05) is 0 Å². The Labute approximate surface area is 90.2 Å². The third-order valence-electron chi connectivity index (χ3n) is 0.882. The van der Waals surface area contributed by atoms with Gasteiger partial charge in [-0.15, -0.1) is 0 Å². The summed E-state index contributed by atoms with van der Waals surface area (Å²) in [5.41, 5.74) is 0. The monoisotopic (exact) mass is 244 g/mol. The van der Waals surface area contributed by atoms with E-state index in [1.165, 1.54) is 0 Å². The number of carbonyl (C=O) groups excluding carboxylic acids is 1. The third-order valence-corrected chi connectivity index (χ3v) is 1.86. The van der Waals surface area contributed by atoms with Crippen molar-refractivity contribution in [2.45, 2.75) is 0 Å². The lowest BCUT2D eigenvalue weighted by Crippen LogP contribution is -1.66. The van der Waals surface area contributed by atoms with Crippen LogP contribution in [0.5, 0.6) is 0 Å². The van der Waals surface area contributed by atoms with Gasteiger partial charge in [-0.3, -0.25) is 4.79 Å². The second kappa shape index (κ2) is 6.55. The molecule has 0 aliphatic carbocycles. The molecule has 0 saturated heterocycles. The molecule has 0 spiro atoms. The molecule has 0 unspecified atom stereocenters. The quantitative estimate of drug-likeness (QED) is 0.383. The first kappa shape index (κ1) is 12.0. The minimum atomic E-state index is 0.222. The number of hydrogen-bond acceptors (Lipinski definition) is 1. The molecule has 0 saturated carbocycles. The van der Waals surface area contributed by atoms with Crippen LogP contribution in [0, 0.1) is 0 Å². The number of carbonyl (C=O) groups is 1. The number of halogens is 4. The lowest BCUT2D eigenvalue weighted by atomic mass is 10.4. The summed E-state index contributed by atoms with van der Waals surface area (Å²) in [6, 6.07) is 4.95. The summed E-state index contributed by atoms with van der Waals surface area (Å²) in [5.74, 6) is 0.222. The minimum absolute atomic E-state index is 0.222. The maximum absolute atomic E-state index is 8.57. The Morgan fingerprint density at radius 3 is 1.92 bits per heavy atom. The van der Waals surface area contributed by atoms with Gasteiger partial charge >= 0.3 is 0 Å². The maximum atomic E-state index is 8.57. The maximum Gasteiger partial charge on any atom is 0.208 e. The number of benzene rings is 1. The van der Waals surface area contributed by atoms with Gasteiger partial charge in [-0.25, -0.2) is 0 Å². The summed E-state index contributed by atoms with van der Waals surface area (Å²) in [6.07, 6.45) is 0. The highest BCUT2D eigenvalue weighted by Gasteiger charge is 1.94. The average Bonchev–Trinajstić information content (AvgIpc) is 1.99. The first-order chi connectivity index (χ1) is 5.61. The first-order valence-corrected chi connectivity index (χ1v) is 4.33. The molecule has 66 valence electrons. The fraction of sp³-hybridized carbons (Fsp3) is 0. The first-order valence-electron chi connectivity index (χ1n) is 2.76. The molecule has 0 atom stereocenters. The molecule has 12 heavy (non-hydrogen) atoms. The van der Waals surface area contributed by atoms with Crippen LogP contribution in [-0.4, -0.2) is 5.75 Å². The molecule has 0 aromatic heterocycles. The van der Waals surface area contributed by atoms with Crippen molar-refractivity contribution in [1.29, 1.82) is 0 Å². The summed E-state index contributed by atoms with van der Waals surface area (Å²) < 4.78 is 0. The van der Waals surface area contributed by atoms with E-state index in [0.29, 0.717) is 15.1 Å². The molecule has 0 N–H and O–H groups in total. The van der Waals surface area contributed by atoms with Crippen molar-refractivity contribution in [2.75, 3.05) is 0 Å². The Morgan fingerprint density at radius 2 is 1.58 bits per heavy atom. The molecule has 0 heterocycles. The molecule has 0 fully saturated rings. The second-order valence-electron chi connectivity index (χ2n) is 1.65. The van der Waals surface area contributed by atoms with Crippen LogP contribution in [0.15, 0.2) is 18.2 Å². The van der Waals surface area contributed by atoms with Gasteiger partial charge in [0.15, 0.2) is 0 Å². The van der Waals surface area contributed by atoms with Crippen LogP contribution in [0.25, 0.3) is 0 Å². The van der Waals surface area contributed by atoms with Crippen molar-refractivity contribution in [1.82, 2.24) is 0 Å². The Balaban J connectivity index is 0.000000354. The van der Waals surface area contributed by atoms with E-state index in [0.717, 1.165) is 0 Å². The lowest BCUT2D eigenvalue weighted by Gasteiger charge is -1.92. The van der Waals surface area contributed by atoms with Gasteiger partial charge < -0.3 is 0 Å². The predicted molar refractivity (Wildman–Crippen MR) is 54.1 cm³/mol. The van der Waals surface area contributed by atoms with Crippen LogP contribution in [0.2, 0.25) is 15.1 Å². The molecule has 0 radical (unpaired) electrons. The van der Waals surface area contributed by atoms with Gasteiger partial charge in [0.05, 0.1) is 10.0 Å². The highest BCUT2D eigenvalue weighted by atomic mass is 35.5. The minimum Gasteiger partial charge on any atom is -0.285 e. The Bertz CT molecular complexity index is 262. The fourth-order valence-electron chi connectivity index (χ4n) is 0.470. The van der Waals surface area contributed by atoms with E-state index in [4.69, 9.17) is 39.6 Å². The molecule has 0 aliphatic rings. The van der Waals surface area contributed by atoms with E-state index in [-0.39, 0.29) is 5.75 Å². The molecular weight excluding hydrogens is 242 g/mol. The molecule has 1 rings (SSSR count). The highest BCUT2D eigenvalue weighted by molar-refractivity contribution is 6.54. The van der Waals surface area contributed by atoms with Gasteiger partial charge in [-0.05, 0) is 29.8 Å². The molecule has 0 amide bonds. The van der Waals surface area contributed by atoms with Gasteiger partial charge in [0.25, 0.3) is 0 Å². The Morgan fingerprint density at radius 1 is 1.08 bits per heavy atom. The fourth-order valence-corrected chi connectivity index (χ4v) is 0.997. The Kier molecular flexibility index (Phi) is 6.58. The van der Waals surface area contributed by atoms with Gasteiger partial charge in [-0.1, -0.05) is 34.8 Å². The van der Waals surface area contributed by atoms with Crippen LogP contribution in [-0.2, 0) is 4.79 Å². The van der Waals surface area contributed by atoms with E-state index in [2.05, 4.69) is 11.6 Å². The van der Waals surface area contributed by atoms with Crippen molar-refractivity contribution >= 4 is 52.1 Å². The van der Waals surface area contributed by atoms with Crippen molar-refractivity contribution in [2.24, 2.45) is 0 Å². The number of rotatable bonds is 0. The van der Waals surface area contributed by atoms with Crippen molar-refractivity contribution in [3.8, 4) is 0 Å². The predicted octanol–water partition coefficient (Wildman–Crippen LogP) is 4.06. The van der Waals surface area contributed by atoms with Gasteiger partial charge in [0.2, 0.25) is 5.75 Å². The summed E-state index contributed by atoms with van der Waals surface area (Å²) in [6.45, 7) is 0. The van der Waals surface area contributed by atoms with Crippen molar-refractivity contribution in [3.05, 3.63) is 33.3 Å². The SMILES string of the molecule is Clc1ccc(Cl)c(Cl)c1.O=CCl. The highest BCUT2D eigenvalue weighted by Crippen LogP contribution is 2.24. The Hall–Kier alpha value is 0.0500. The zero-order valence-electron chi connectivity index (χ0n) is 5.73. The molecule has 0 aliphatic heterocycles. The van der Waals surface area contributed by atoms with Crippen LogP contribution in [0.1, 0.15) is 0 Å². The van der Waals surface area contributed by atoms with Crippen LogP contribution in [0.4, 0.5) is 0 Å². The molecular formula is C7H4Cl4O. The lowest BCUT2D eigenvalue weighted by molar-refractivity contribution is 0.569. The van der Waals surface area contributed by atoms with Gasteiger partial charge in [0.1, 0.15) is 0 Å². The second-order valence-corrected chi connectivity index (χ2v) is 3.08. The van der Waals surface area contributed by atoms with E-state index in [9.17, 15) is 0 Å². The zero-order valence-corrected chi connectivity index (χ0v) is 8.75. The summed E-state index contributed by atoms with van der Waals surface area (Å²) >= 11 is 21.1. The van der Waals surface area contributed by atoms with E-state index < -0.39 is 0 Å². The van der Waals surface area contributed by atoms with Crippen LogP contribution in [0.3, 0.4) is 0 Å². The average molecular weight is 246 g/mol. The molecule has 1 aromatic carbocycles. The van der Waals surface area contributed by atoms with Crippen molar-refractivity contribution < 1.29 is 4.79 Å². The standard InChI is InChI=1S/C6H3Cl3.CHClO/c7-4-1-2-5(8)6(9)3-4;2-1-3/h1-3H;1H. The number of hydrogen-bond donors (Lipinski definition) is 0. The van der Waals surface area contributed by atoms with Gasteiger partial charge in [-0.2, -0.15) is 0 Å². The van der Waals surface area contributed by atoms with Crippen LogP contribution >= 0.6 is 46.4 Å². The molecule has 0 bridgehead atoms. The zero-order chi connectivity index (χ0) is 9.56. The third kappa shape index (κ3) is 4.83. The molecule has 1 aromatic rings. The van der Waals surface area contributed by atoms with E-state index in [1.54, 1.807) is 18.2 Å². The van der Waals surface area contributed by atoms with Gasteiger partial charge in [0, 0.05) is 5.02 Å².